The lowest BCUT2D eigenvalue weighted by molar-refractivity contribution is -0.384. The molecule has 4 rings (SSSR count). The Morgan fingerprint density at radius 1 is 0.949 bits per heavy atom. The lowest BCUT2D eigenvalue weighted by atomic mass is 10.0. The summed E-state index contributed by atoms with van der Waals surface area (Å²) < 4.78 is 0. The number of benzene rings is 3. The first-order valence-corrected chi connectivity index (χ1v) is 14.5. The number of nitro groups is 1. The van der Waals surface area contributed by atoms with Crippen LogP contribution in [-0.4, -0.2) is 39.5 Å². The normalized spacial score (nSPS) is 14.1. The number of rotatable bonds is 12. The van der Waals surface area contributed by atoms with Crippen LogP contribution in [0.5, 0.6) is 0 Å². The van der Waals surface area contributed by atoms with E-state index in [0.29, 0.717) is 18.7 Å². The summed E-state index contributed by atoms with van der Waals surface area (Å²) in [6.45, 7) is 2.36. The molecule has 0 spiro atoms. The number of carbonyl (C=O) groups excluding carboxylic acids is 2. The maximum absolute atomic E-state index is 13.8. The van der Waals surface area contributed by atoms with Gasteiger partial charge in [0.1, 0.15) is 6.04 Å². The number of nitro benzene ring substituents is 1. The highest BCUT2D eigenvalue weighted by Crippen LogP contribution is 2.22. The second-order valence-corrected chi connectivity index (χ2v) is 11.1. The third kappa shape index (κ3) is 8.42. The smallest absolute Gasteiger partial charge is 0.269 e. The van der Waals surface area contributed by atoms with Crippen molar-refractivity contribution in [1.82, 2.24) is 10.2 Å². The van der Waals surface area contributed by atoms with E-state index in [0.717, 1.165) is 47.9 Å². The third-order valence-electron chi connectivity index (χ3n) is 7.09. The van der Waals surface area contributed by atoms with E-state index >= 15 is 0 Å². The van der Waals surface area contributed by atoms with Crippen LogP contribution in [0.15, 0.2) is 78.9 Å². The summed E-state index contributed by atoms with van der Waals surface area (Å²) >= 11 is 1.45. The van der Waals surface area contributed by atoms with Crippen LogP contribution in [-0.2, 0) is 28.3 Å². The van der Waals surface area contributed by atoms with Gasteiger partial charge in [-0.05, 0) is 36.5 Å². The number of aryl methyl sites for hydroxylation is 1. The van der Waals surface area contributed by atoms with Gasteiger partial charge >= 0.3 is 0 Å². The van der Waals surface area contributed by atoms with Crippen LogP contribution < -0.4 is 5.32 Å². The quantitative estimate of drug-likeness (QED) is 0.228. The molecule has 204 valence electrons. The minimum absolute atomic E-state index is 0.0427. The van der Waals surface area contributed by atoms with Crippen molar-refractivity contribution >= 4 is 29.3 Å². The van der Waals surface area contributed by atoms with E-state index in [1.807, 2.05) is 61.5 Å². The molecule has 2 amide bonds. The van der Waals surface area contributed by atoms with Gasteiger partial charge in [0.25, 0.3) is 5.69 Å². The van der Waals surface area contributed by atoms with E-state index in [2.05, 4.69) is 5.32 Å². The van der Waals surface area contributed by atoms with Crippen molar-refractivity contribution in [3.63, 3.8) is 0 Å². The van der Waals surface area contributed by atoms with Gasteiger partial charge in [-0.25, -0.2) is 0 Å². The van der Waals surface area contributed by atoms with Crippen LogP contribution in [0.4, 0.5) is 5.69 Å². The molecule has 0 aliphatic heterocycles. The molecule has 0 aromatic heterocycles. The fourth-order valence-corrected chi connectivity index (χ4v) is 5.74. The molecule has 0 unspecified atom stereocenters. The van der Waals surface area contributed by atoms with Crippen LogP contribution in [0, 0.1) is 17.0 Å². The van der Waals surface area contributed by atoms with E-state index in [4.69, 9.17) is 0 Å². The highest BCUT2D eigenvalue weighted by atomic mass is 32.2. The fraction of sp³-hybridized carbons (Fsp3) is 0.355. The van der Waals surface area contributed by atoms with Crippen LogP contribution in [0.2, 0.25) is 0 Å². The van der Waals surface area contributed by atoms with Crippen molar-refractivity contribution in [1.29, 1.82) is 0 Å². The first-order chi connectivity index (χ1) is 18.9. The number of nitrogens with zero attached hydrogens (tertiary/aromatic N) is 2. The molecular formula is C31H35N3O4S. The molecule has 0 radical (unpaired) electrons. The molecule has 1 aliphatic carbocycles. The summed E-state index contributed by atoms with van der Waals surface area (Å²) in [6.07, 6.45) is 4.60. The minimum Gasteiger partial charge on any atom is -0.352 e. The van der Waals surface area contributed by atoms with Crippen molar-refractivity contribution in [3.05, 3.63) is 111 Å². The molecule has 1 aliphatic rings. The monoisotopic (exact) mass is 545 g/mol. The summed E-state index contributed by atoms with van der Waals surface area (Å²) in [4.78, 5) is 39.7. The third-order valence-corrected chi connectivity index (χ3v) is 8.08. The van der Waals surface area contributed by atoms with Crippen LogP contribution >= 0.6 is 11.8 Å². The van der Waals surface area contributed by atoms with Gasteiger partial charge in [0.2, 0.25) is 11.8 Å². The topological polar surface area (TPSA) is 92.6 Å². The molecule has 1 N–H and O–H groups in total. The van der Waals surface area contributed by atoms with Crippen molar-refractivity contribution in [2.75, 3.05) is 5.75 Å². The second-order valence-electron chi connectivity index (χ2n) is 10.1. The summed E-state index contributed by atoms with van der Waals surface area (Å²) in [5.41, 5.74) is 4.06. The number of thioether (sulfide) groups is 1. The molecule has 0 heterocycles. The lowest BCUT2D eigenvalue weighted by Crippen LogP contribution is -2.52. The van der Waals surface area contributed by atoms with Gasteiger partial charge in [0.15, 0.2) is 0 Å². The predicted octanol–water partition coefficient (Wildman–Crippen LogP) is 5.84. The Kier molecular flexibility index (Phi) is 10.1. The SMILES string of the molecule is Cc1ccc(CN(C(=O)CSCc2ccc([N+](=O)[O-])cc2)[C@@H](Cc2ccccc2)C(=O)NC2CCCC2)cc1. The van der Waals surface area contributed by atoms with Gasteiger partial charge in [-0.1, -0.05) is 85.1 Å². The Labute approximate surface area is 234 Å². The van der Waals surface area contributed by atoms with E-state index in [1.165, 1.54) is 23.9 Å². The Morgan fingerprint density at radius 2 is 1.59 bits per heavy atom. The standard InChI is InChI=1S/C31H35N3O4S/c1-23-11-13-25(14-12-23)20-33(30(35)22-39-21-26-15-17-28(18-16-26)34(37)38)29(19-24-7-3-2-4-8-24)31(36)32-27-9-5-6-10-27/h2-4,7-8,11-18,27,29H,5-6,9-10,19-22H2,1H3,(H,32,36)/t29-/m0/s1. The van der Waals surface area contributed by atoms with E-state index < -0.39 is 11.0 Å². The highest BCUT2D eigenvalue weighted by Gasteiger charge is 2.32. The van der Waals surface area contributed by atoms with Crippen LogP contribution in [0.1, 0.15) is 47.9 Å². The number of hydrogen-bond donors (Lipinski definition) is 1. The molecular weight excluding hydrogens is 510 g/mol. The highest BCUT2D eigenvalue weighted by molar-refractivity contribution is 7.99. The molecule has 8 heteroatoms. The van der Waals surface area contributed by atoms with E-state index in [1.54, 1.807) is 17.0 Å². The number of non-ortho nitro benzene ring substituents is 1. The Bertz CT molecular complexity index is 1240. The van der Waals surface area contributed by atoms with Gasteiger partial charge in [-0.3, -0.25) is 19.7 Å². The largest absolute Gasteiger partial charge is 0.352 e. The molecule has 3 aromatic carbocycles. The molecule has 1 atom stereocenters. The fourth-order valence-electron chi connectivity index (χ4n) is 4.86. The molecule has 7 nitrogen and oxygen atoms in total. The number of hydrogen-bond acceptors (Lipinski definition) is 5. The maximum Gasteiger partial charge on any atom is 0.269 e. The zero-order valence-electron chi connectivity index (χ0n) is 22.3. The molecule has 0 saturated heterocycles. The van der Waals surface area contributed by atoms with E-state index in [9.17, 15) is 19.7 Å². The van der Waals surface area contributed by atoms with Crippen LogP contribution in [0.25, 0.3) is 0 Å². The van der Waals surface area contributed by atoms with Crippen LogP contribution in [0.3, 0.4) is 0 Å². The average molecular weight is 546 g/mol. The molecule has 3 aromatic rings. The zero-order valence-corrected chi connectivity index (χ0v) is 23.1. The van der Waals surface area contributed by atoms with Gasteiger partial charge < -0.3 is 10.2 Å². The first kappa shape index (κ1) is 28.4. The van der Waals surface area contributed by atoms with Gasteiger partial charge in [0.05, 0.1) is 10.7 Å². The first-order valence-electron chi connectivity index (χ1n) is 13.4. The number of carbonyl (C=O) groups is 2. The molecule has 39 heavy (non-hydrogen) atoms. The summed E-state index contributed by atoms with van der Waals surface area (Å²) in [7, 11) is 0. The zero-order chi connectivity index (χ0) is 27.6. The number of amides is 2. The summed E-state index contributed by atoms with van der Waals surface area (Å²) in [5.74, 6) is 0.529. The molecule has 0 bridgehead atoms. The maximum atomic E-state index is 13.8. The Morgan fingerprint density at radius 3 is 2.23 bits per heavy atom. The van der Waals surface area contributed by atoms with Crippen molar-refractivity contribution < 1.29 is 14.5 Å². The van der Waals surface area contributed by atoms with Crippen molar-refractivity contribution in [2.24, 2.45) is 0 Å². The molecule has 1 fully saturated rings. The number of nitrogens with one attached hydrogen (secondary N) is 1. The van der Waals surface area contributed by atoms with E-state index in [-0.39, 0.29) is 29.3 Å². The van der Waals surface area contributed by atoms with Gasteiger partial charge in [-0.15, -0.1) is 11.8 Å². The van der Waals surface area contributed by atoms with Gasteiger partial charge in [0, 0.05) is 36.9 Å². The van der Waals surface area contributed by atoms with Crippen molar-refractivity contribution in [3.8, 4) is 0 Å². The second kappa shape index (κ2) is 13.9. The predicted molar refractivity (Wildman–Crippen MR) is 155 cm³/mol. The summed E-state index contributed by atoms with van der Waals surface area (Å²) in [5, 5.41) is 14.2. The average Bonchev–Trinajstić information content (AvgIpc) is 3.45. The Hall–Kier alpha value is -3.65. The van der Waals surface area contributed by atoms with Gasteiger partial charge in [-0.2, -0.15) is 0 Å². The summed E-state index contributed by atoms with van der Waals surface area (Å²) in [6, 6.07) is 23.8. The lowest BCUT2D eigenvalue weighted by Gasteiger charge is -2.32. The molecule has 1 saturated carbocycles. The van der Waals surface area contributed by atoms with Crippen molar-refractivity contribution in [2.45, 2.75) is 63.4 Å². The Balaban J connectivity index is 1.53. The minimum atomic E-state index is -0.637.